The summed E-state index contributed by atoms with van der Waals surface area (Å²) in [6.07, 6.45) is 4.12. The summed E-state index contributed by atoms with van der Waals surface area (Å²) in [6.45, 7) is 0. The highest BCUT2D eigenvalue weighted by Gasteiger charge is 2.33. The van der Waals surface area contributed by atoms with Crippen LogP contribution in [0.4, 0.5) is 0 Å². The summed E-state index contributed by atoms with van der Waals surface area (Å²) < 4.78 is 2.25. The van der Waals surface area contributed by atoms with Crippen LogP contribution in [-0.4, -0.2) is 10.5 Å². The highest BCUT2D eigenvalue weighted by Crippen LogP contribution is 2.51. The fourth-order valence-electron chi connectivity index (χ4n) is 1.55. The molecule has 2 atom stereocenters. The summed E-state index contributed by atoms with van der Waals surface area (Å²) >= 11 is 12.6. The summed E-state index contributed by atoms with van der Waals surface area (Å²) in [5, 5.41) is 1.65. The molecule has 2 aliphatic rings. The Labute approximate surface area is 86.8 Å². The SMILES string of the molecule is SC1=C(S)S[C@@H]2CCC[C@@H]2S1. The minimum atomic E-state index is 0.823. The van der Waals surface area contributed by atoms with Gasteiger partial charge in [0.2, 0.25) is 0 Å². The van der Waals surface area contributed by atoms with Gasteiger partial charge in [0, 0.05) is 10.5 Å². The van der Waals surface area contributed by atoms with Crippen molar-refractivity contribution in [2.45, 2.75) is 29.8 Å². The second-order valence-electron chi connectivity index (χ2n) is 2.85. The maximum Gasteiger partial charge on any atom is 0.0572 e. The molecule has 2 rings (SSSR count). The molecular weight excluding hydrogens is 212 g/mol. The lowest BCUT2D eigenvalue weighted by atomic mass is 10.4. The third kappa shape index (κ3) is 1.74. The van der Waals surface area contributed by atoms with Gasteiger partial charge in [-0.2, -0.15) is 0 Å². The van der Waals surface area contributed by atoms with Crippen LogP contribution in [-0.2, 0) is 0 Å². The predicted octanol–water partition coefficient (Wildman–Crippen LogP) is 3.37. The first kappa shape index (κ1) is 8.73. The first-order chi connectivity index (χ1) is 5.27. The molecule has 1 fully saturated rings. The molecule has 1 aliphatic carbocycles. The van der Waals surface area contributed by atoms with E-state index in [4.69, 9.17) is 0 Å². The van der Waals surface area contributed by atoms with Crippen LogP contribution in [0.25, 0.3) is 0 Å². The molecule has 0 amide bonds. The quantitative estimate of drug-likeness (QED) is 0.603. The van der Waals surface area contributed by atoms with Crippen molar-refractivity contribution in [3.05, 3.63) is 8.47 Å². The van der Waals surface area contributed by atoms with E-state index in [1.807, 2.05) is 23.5 Å². The average Bonchev–Trinajstić information content (AvgIpc) is 2.36. The van der Waals surface area contributed by atoms with E-state index in [0.29, 0.717) is 0 Å². The molecular formula is C7H10S4. The first-order valence-corrected chi connectivity index (χ1v) is 6.38. The van der Waals surface area contributed by atoms with Gasteiger partial charge in [0.15, 0.2) is 0 Å². The summed E-state index contributed by atoms with van der Waals surface area (Å²) in [6, 6.07) is 0. The van der Waals surface area contributed by atoms with Crippen LogP contribution in [0.3, 0.4) is 0 Å². The fourth-order valence-corrected chi connectivity index (χ4v) is 5.22. The van der Waals surface area contributed by atoms with E-state index in [2.05, 4.69) is 25.3 Å². The van der Waals surface area contributed by atoms with E-state index in [9.17, 15) is 0 Å². The van der Waals surface area contributed by atoms with Crippen molar-refractivity contribution in [3.8, 4) is 0 Å². The molecule has 0 aromatic rings. The number of thioether (sulfide) groups is 2. The van der Waals surface area contributed by atoms with Crippen molar-refractivity contribution in [1.29, 1.82) is 0 Å². The van der Waals surface area contributed by atoms with Crippen molar-refractivity contribution >= 4 is 48.8 Å². The Morgan fingerprint density at radius 1 is 1.00 bits per heavy atom. The van der Waals surface area contributed by atoms with Gasteiger partial charge in [0.05, 0.1) is 8.47 Å². The van der Waals surface area contributed by atoms with Crippen LogP contribution in [0.1, 0.15) is 19.3 Å². The summed E-state index contributed by atoms with van der Waals surface area (Å²) in [5.41, 5.74) is 0. The van der Waals surface area contributed by atoms with E-state index >= 15 is 0 Å². The lowest BCUT2D eigenvalue weighted by Crippen LogP contribution is -2.14. The zero-order valence-electron chi connectivity index (χ0n) is 5.99. The highest BCUT2D eigenvalue weighted by atomic mass is 32.2. The Kier molecular flexibility index (Phi) is 2.76. The van der Waals surface area contributed by atoms with Crippen molar-refractivity contribution < 1.29 is 0 Å². The van der Waals surface area contributed by atoms with Gasteiger partial charge in [-0.1, -0.05) is 6.42 Å². The maximum absolute atomic E-state index is 4.38. The van der Waals surface area contributed by atoms with Crippen molar-refractivity contribution in [2.24, 2.45) is 0 Å². The van der Waals surface area contributed by atoms with Crippen molar-refractivity contribution in [1.82, 2.24) is 0 Å². The molecule has 0 spiro atoms. The Morgan fingerprint density at radius 3 is 1.91 bits per heavy atom. The van der Waals surface area contributed by atoms with Gasteiger partial charge in [0.1, 0.15) is 0 Å². The highest BCUT2D eigenvalue weighted by molar-refractivity contribution is 8.24. The van der Waals surface area contributed by atoms with Crippen LogP contribution >= 0.6 is 48.8 Å². The molecule has 4 heteroatoms. The number of thiol groups is 2. The third-order valence-corrected chi connectivity index (χ3v) is 6.55. The van der Waals surface area contributed by atoms with E-state index < -0.39 is 0 Å². The number of hydrogen-bond donors (Lipinski definition) is 2. The van der Waals surface area contributed by atoms with E-state index in [0.717, 1.165) is 19.0 Å². The molecule has 0 radical (unpaired) electrons. The minimum Gasteiger partial charge on any atom is -0.135 e. The summed E-state index contributed by atoms with van der Waals surface area (Å²) in [4.78, 5) is 0. The van der Waals surface area contributed by atoms with Gasteiger partial charge in [-0.15, -0.1) is 48.8 Å². The van der Waals surface area contributed by atoms with E-state index in [-0.39, 0.29) is 0 Å². The maximum atomic E-state index is 4.38. The van der Waals surface area contributed by atoms with Crippen molar-refractivity contribution in [2.75, 3.05) is 0 Å². The standard InChI is InChI=1S/C7H10S4/c8-6-7(9)11-5-3-1-2-4(5)10-6/h4-5,8-9H,1-3H2/t4-,5+. The van der Waals surface area contributed by atoms with Crippen LogP contribution in [0.5, 0.6) is 0 Å². The second kappa shape index (κ2) is 3.48. The number of hydrogen-bond acceptors (Lipinski definition) is 4. The van der Waals surface area contributed by atoms with Crippen LogP contribution in [0, 0.1) is 0 Å². The number of fused-ring (bicyclic) bond motifs is 1. The number of rotatable bonds is 0. The van der Waals surface area contributed by atoms with Crippen LogP contribution in [0.15, 0.2) is 8.47 Å². The fraction of sp³-hybridized carbons (Fsp3) is 0.714. The molecule has 0 N–H and O–H groups in total. The monoisotopic (exact) mass is 222 g/mol. The van der Waals surface area contributed by atoms with Crippen LogP contribution in [0.2, 0.25) is 0 Å². The lowest BCUT2D eigenvalue weighted by Gasteiger charge is -2.24. The third-order valence-electron chi connectivity index (χ3n) is 2.10. The Balaban J connectivity index is 2.14. The predicted molar refractivity (Wildman–Crippen MR) is 61.6 cm³/mol. The summed E-state index contributed by atoms with van der Waals surface area (Å²) in [5.74, 6) is 0. The smallest absolute Gasteiger partial charge is 0.0572 e. The van der Waals surface area contributed by atoms with Gasteiger partial charge in [-0.05, 0) is 12.8 Å². The molecule has 0 unspecified atom stereocenters. The van der Waals surface area contributed by atoms with Crippen molar-refractivity contribution in [3.63, 3.8) is 0 Å². The molecule has 0 saturated heterocycles. The first-order valence-electron chi connectivity index (χ1n) is 3.73. The molecule has 0 aromatic heterocycles. The van der Waals surface area contributed by atoms with Gasteiger partial charge < -0.3 is 0 Å². The van der Waals surface area contributed by atoms with Gasteiger partial charge in [-0.3, -0.25) is 0 Å². The molecule has 0 aromatic carbocycles. The topological polar surface area (TPSA) is 0 Å². The molecule has 1 aliphatic heterocycles. The average molecular weight is 222 g/mol. The van der Waals surface area contributed by atoms with Gasteiger partial charge >= 0.3 is 0 Å². The van der Waals surface area contributed by atoms with Crippen LogP contribution < -0.4 is 0 Å². The largest absolute Gasteiger partial charge is 0.135 e. The van der Waals surface area contributed by atoms with Gasteiger partial charge in [0.25, 0.3) is 0 Å². The summed E-state index contributed by atoms with van der Waals surface area (Å²) in [7, 11) is 0. The minimum absolute atomic E-state index is 0.823. The van der Waals surface area contributed by atoms with E-state index in [1.165, 1.54) is 19.3 Å². The lowest BCUT2D eigenvalue weighted by molar-refractivity contribution is 0.891. The van der Waals surface area contributed by atoms with E-state index in [1.54, 1.807) is 0 Å². The molecule has 11 heavy (non-hydrogen) atoms. The normalized spacial score (nSPS) is 37.6. The Hall–Kier alpha value is 1.14. The second-order valence-corrected chi connectivity index (χ2v) is 6.85. The molecule has 62 valence electrons. The zero-order chi connectivity index (χ0) is 7.84. The van der Waals surface area contributed by atoms with Gasteiger partial charge in [-0.25, -0.2) is 0 Å². The Morgan fingerprint density at radius 2 is 1.45 bits per heavy atom. The molecule has 1 heterocycles. The molecule has 1 saturated carbocycles. The zero-order valence-corrected chi connectivity index (χ0v) is 9.41. The molecule has 0 nitrogen and oxygen atoms in total. The Bertz CT molecular complexity index is 179. The molecule has 0 bridgehead atoms.